The SMILES string of the molecule is Cc1cccc(/C=C2/N=C(CCc3ccccc3Cl)OC2=O)c1. The van der Waals surface area contributed by atoms with Crippen molar-refractivity contribution in [1.29, 1.82) is 0 Å². The van der Waals surface area contributed by atoms with Gasteiger partial charge in [-0.2, -0.15) is 0 Å². The number of hydrogen-bond acceptors (Lipinski definition) is 3. The molecule has 0 unspecified atom stereocenters. The number of hydrogen-bond donors (Lipinski definition) is 0. The van der Waals surface area contributed by atoms with Crippen molar-refractivity contribution in [2.24, 2.45) is 4.99 Å². The Kier molecular flexibility index (Phi) is 4.58. The minimum atomic E-state index is -0.402. The average molecular weight is 326 g/mol. The van der Waals surface area contributed by atoms with Crippen molar-refractivity contribution in [2.45, 2.75) is 19.8 Å². The van der Waals surface area contributed by atoms with Crippen LogP contribution in [0.5, 0.6) is 0 Å². The van der Waals surface area contributed by atoms with Crippen molar-refractivity contribution in [1.82, 2.24) is 0 Å². The average Bonchev–Trinajstić information content (AvgIpc) is 2.87. The summed E-state index contributed by atoms with van der Waals surface area (Å²) < 4.78 is 5.24. The van der Waals surface area contributed by atoms with Crippen LogP contribution in [0.3, 0.4) is 0 Å². The van der Waals surface area contributed by atoms with Crippen LogP contribution in [0.4, 0.5) is 0 Å². The molecule has 2 aromatic rings. The molecule has 3 rings (SSSR count). The van der Waals surface area contributed by atoms with Crippen molar-refractivity contribution < 1.29 is 9.53 Å². The minimum Gasteiger partial charge on any atom is -0.407 e. The maximum absolute atomic E-state index is 11.9. The van der Waals surface area contributed by atoms with Gasteiger partial charge in [-0.3, -0.25) is 0 Å². The number of aliphatic imine (C=N–C) groups is 1. The lowest BCUT2D eigenvalue weighted by Gasteiger charge is -2.02. The molecule has 0 bridgehead atoms. The topological polar surface area (TPSA) is 38.7 Å². The van der Waals surface area contributed by atoms with Crippen LogP contribution in [0.25, 0.3) is 6.08 Å². The Morgan fingerprint density at radius 3 is 2.74 bits per heavy atom. The molecule has 1 aliphatic rings. The van der Waals surface area contributed by atoms with E-state index in [-0.39, 0.29) is 0 Å². The zero-order valence-corrected chi connectivity index (χ0v) is 13.5. The van der Waals surface area contributed by atoms with E-state index in [1.54, 1.807) is 6.08 Å². The van der Waals surface area contributed by atoms with Crippen LogP contribution in [0, 0.1) is 6.92 Å². The molecule has 3 nitrogen and oxygen atoms in total. The molecule has 1 heterocycles. The molecular weight excluding hydrogens is 310 g/mol. The monoisotopic (exact) mass is 325 g/mol. The molecule has 0 N–H and O–H groups in total. The Labute approximate surface area is 140 Å². The van der Waals surface area contributed by atoms with Gasteiger partial charge in [-0.15, -0.1) is 0 Å². The molecule has 0 aromatic heterocycles. The molecule has 0 radical (unpaired) electrons. The lowest BCUT2D eigenvalue weighted by atomic mass is 10.1. The smallest absolute Gasteiger partial charge is 0.363 e. The highest BCUT2D eigenvalue weighted by Gasteiger charge is 2.22. The summed E-state index contributed by atoms with van der Waals surface area (Å²) in [6, 6.07) is 15.5. The molecular formula is C19H16ClNO2. The number of carbonyl (C=O) groups is 1. The van der Waals surface area contributed by atoms with Gasteiger partial charge in [0.1, 0.15) is 0 Å². The molecule has 4 heteroatoms. The first-order valence-electron chi connectivity index (χ1n) is 7.43. The van der Waals surface area contributed by atoms with E-state index < -0.39 is 5.97 Å². The van der Waals surface area contributed by atoms with Gasteiger partial charge in [0.15, 0.2) is 11.6 Å². The third-order valence-electron chi connectivity index (χ3n) is 3.58. The van der Waals surface area contributed by atoms with Gasteiger partial charge >= 0.3 is 5.97 Å². The van der Waals surface area contributed by atoms with E-state index >= 15 is 0 Å². The van der Waals surface area contributed by atoms with Crippen LogP contribution in [0.1, 0.15) is 23.1 Å². The largest absolute Gasteiger partial charge is 0.407 e. The zero-order valence-electron chi connectivity index (χ0n) is 12.8. The fraction of sp³-hybridized carbons (Fsp3) is 0.158. The summed E-state index contributed by atoms with van der Waals surface area (Å²) in [5.74, 6) is 0.0366. The van der Waals surface area contributed by atoms with E-state index in [0.717, 1.165) is 16.7 Å². The van der Waals surface area contributed by atoms with E-state index in [9.17, 15) is 4.79 Å². The molecule has 0 spiro atoms. The van der Waals surface area contributed by atoms with Crippen molar-refractivity contribution in [2.75, 3.05) is 0 Å². The predicted octanol–water partition coefficient (Wildman–Crippen LogP) is 4.58. The molecule has 0 aliphatic carbocycles. The first kappa shape index (κ1) is 15.5. The van der Waals surface area contributed by atoms with Crippen LogP contribution < -0.4 is 0 Å². The minimum absolute atomic E-state index is 0.338. The molecule has 116 valence electrons. The highest BCUT2D eigenvalue weighted by molar-refractivity contribution is 6.31. The highest BCUT2D eigenvalue weighted by atomic mass is 35.5. The third kappa shape index (κ3) is 3.88. The molecule has 0 amide bonds. The first-order valence-corrected chi connectivity index (χ1v) is 7.81. The van der Waals surface area contributed by atoms with Crippen molar-refractivity contribution in [3.8, 4) is 0 Å². The van der Waals surface area contributed by atoms with Crippen LogP contribution in [0.15, 0.2) is 59.2 Å². The summed E-state index contributed by atoms with van der Waals surface area (Å²) in [6.45, 7) is 2.01. The summed E-state index contributed by atoms with van der Waals surface area (Å²) in [5, 5.41) is 0.716. The van der Waals surface area contributed by atoms with Crippen molar-refractivity contribution in [3.63, 3.8) is 0 Å². The van der Waals surface area contributed by atoms with Crippen molar-refractivity contribution in [3.05, 3.63) is 75.9 Å². The molecule has 0 saturated carbocycles. The van der Waals surface area contributed by atoms with Crippen LogP contribution >= 0.6 is 11.6 Å². The first-order chi connectivity index (χ1) is 11.1. The summed E-state index contributed by atoms with van der Waals surface area (Å²) in [7, 11) is 0. The summed E-state index contributed by atoms with van der Waals surface area (Å²) >= 11 is 6.13. The maximum Gasteiger partial charge on any atom is 0.363 e. The van der Waals surface area contributed by atoms with Gasteiger partial charge in [-0.05, 0) is 36.6 Å². The van der Waals surface area contributed by atoms with Gasteiger partial charge in [-0.1, -0.05) is 59.6 Å². The summed E-state index contributed by atoms with van der Waals surface area (Å²) in [6.07, 6.45) is 2.97. The van der Waals surface area contributed by atoms with Gasteiger partial charge in [0.2, 0.25) is 0 Å². The normalized spacial score (nSPS) is 15.7. The molecule has 0 saturated heterocycles. The summed E-state index contributed by atoms with van der Waals surface area (Å²) in [5.41, 5.74) is 3.43. The van der Waals surface area contributed by atoms with E-state index in [2.05, 4.69) is 4.99 Å². The zero-order chi connectivity index (χ0) is 16.2. The van der Waals surface area contributed by atoms with Crippen LogP contribution in [-0.4, -0.2) is 11.9 Å². The van der Waals surface area contributed by atoms with Gasteiger partial charge in [0.25, 0.3) is 0 Å². The lowest BCUT2D eigenvalue weighted by molar-refractivity contribution is -0.130. The Hall–Kier alpha value is -2.39. The quantitative estimate of drug-likeness (QED) is 0.609. The fourth-order valence-corrected chi connectivity index (χ4v) is 2.65. The van der Waals surface area contributed by atoms with Gasteiger partial charge < -0.3 is 4.74 Å². The standard InChI is InChI=1S/C19H16ClNO2/c1-13-5-4-6-14(11-13)12-17-19(22)23-18(21-17)10-9-15-7-2-3-8-16(15)20/h2-8,11-12H,9-10H2,1H3/b17-12+. The van der Waals surface area contributed by atoms with Crippen LogP contribution in [-0.2, 0) is 16.0 Å². The summed E-state index contributed by atoms with van der Waals surface area (Å²) in [4.78, 5) is 16.2. The third-order valence-corrected chi connectivity index (χ3v) is 3.95. The molecule has 1 aliphatic heterocycles. The second-order valence-electron chi connectivity index (χ2n) is 5.43. The van der Waals surface area contributed by atoms with Gasteiger partial charge in [0.05, 0.1) is 0 Å². The number of carbonyl (C=O) groups excluding carboxylic acids is 1. The number of aryl methyl sites for hydroxylation is 2. The van der Waals surface area contributed by atoms with E-state index in [1.165, 1.54) is 0 Å². The van der Waals surface area contributed by atoms with Crippen LogP contribution in [0.2, 0.25) is 5.02 Å². The molecule has 23 heavy (non-hydrogen) atoms. The Balaban J connectivity index is 1.73. The number of esters is 1. The van der Waals surface area contributed by atoms with Gasteiger partial charge in [-0.25, -0.2) is 9.79 Å². The Bertz CT molecular complexity index is 809. The molecule has 0 fully saturated rings. The second kappa shape index (κ2) is 6.80. The molecule has 2 aromatic carbocycles. The number of ether oxygens (including phenoxy) is 1. The van der Waals surface area contributed by atoms with E-state index in [4.69, 9.17) is 16.3 Å². The van der Waals surface area contributed by atoms with Crippen molar-refractivity contribution >= 4 is 29.5 Å². The fourth-order valence-electron chi connectivity index (χ4n) is 2.42. The number of halogens is 1. The number of nitrogens with zero attached hydrogens (tertiary/aromatic N) is 1. The Morgan fingerprint density at radius 2 is 1.96 bits per heavy atom. The highest BCUT2D eigenvalue weighted by Crippen LogP contribution is 2.21. The predicted molar refractivity (Wildman–Crippen MR) is 92.5 cm³/mol. The second-order valence-corrected chi connectivity index (χ2v) is 5.84. The number of benzene rings is 2. The van der Waals surface area contributed by atoms with Gasteiger partial charge in [0, 0.05) is 11.4 Å². The van der Waals surface area contributed by atoms with E-state index in [0.29, 0.717) is 29.5 Å². The lowest BCUT2D eigenvalue weighted by Crippen LogP contribution is -2.05. The number of cyclic esters (lactones) is 1. The number of rotatable bonds is 4. The molecule has 0 atom stereocenters. The Morgan fingerprint density at radius 1 is 1.13 bits per heavy atom. The maximum atomic E-state index is 11.9. The van der Waals surface area contributed by atoms with E-state index in [1.807, 2.05) is 55.5 Å².